The molecule has 4 rings (SSSR count). The molecule has 9 nitrogen and oxygen atoms in total. The van der Waals surface area contributed by atoms with Crippen molar-refractivity contribution in [2.75, 3.05) is 6.61 Å². The van der Waals surface area contributed by atoms with Crippen molar-refractivity contribution in [1.29, 1.82) is 0 Å². The van der Waals surface area contributed by atoms with Crippen molar-refractivity contribution < 1.29 is 28.3 Å². The molecule has 0 spiro atoms. The predicted molar refractivity (Wildman–Crippen MR) is 114 cm³/mol. The second kappa shape index (κ2) is 7.84. The van der Waals surface area contributed by atoms with Crippen molar-refractivity contribution in [3.05, 3.63) is 71.0 Å². The predicted octanol–water partition coefficient (Wildman–Crippen LogP) is 2.68. The lowest BCUT2D eigenvalue weighted by Gasteiger charge is -2.22. The lowest BCUT2D eigenvalue weighted by atomic mass is 9.90. The number of rotatable bonds is 6. The Kier molecular flexibility index (Phi) is 5.17. The van der Waals surface area contributed by atoms with Gasteiger partial charge in [-0.3, -0.25) is 14.5 Å². The van der Waals surface area contributed by atoms with Gasteiger partial charge in [0, 0.05) is 16.5 Å². The Morgan fingerprint density at radius 3 is 2.62 bits per heavy atom. The molecule has 3 aromatic rings. The van der Waals surface area contributed by atoms with Crippen molar-refractivity contribution in [2.24, 2.45) is 5.73 Å². The van der Waals surface area contributed by atoms with Crippen molar-refractivity contribution >= 4 is 34.8 Å². The van der Waals surface area contributed by atoms with Gasteiger partial charge >= 0.3 is 12.0 Å². The van der Waals surface area contributed by atoms with Crippen LogP contribution in [0, 0.1) is 0 Å². The normalized spacial score (nSPS) is 18.1. The first kappa shape index (κ1) is 21.1. The summed E-state index contributed by atoms with van der Waals surface area (Å²) in [5.74, 6) is -1.92. The summed E-state index contributed by atoms with van der Waals surface area (Å²) in [4.78, 5) is 51.2. The number of para-hydroxylation sites is 1. The molecule has 2 heterocycles. The van der Waals surface area contributed by atoms with Crippen LogP contribution in [0.5, 0.6) is 0 Å². The van der Waals surface area contributed by atoms with E-state index in [1.165, 1.54) is 12.1 Å². The highest BCUT2D eigenvalue weighted by atomic mass is 16.5. The number of fused-ring (bicyclic) bond motifs is 1. The second-order valence-corrected chi connectivity index (χ2v) is 7.52. The van der Waals surface area contributed by atoms with Crippen LogP contribution in [0.3, 0.4) is 0 Å². The third kappa shape index (κ3) is 3.37. The van der Waals surface area contributed by atoms with Crippen LogP contribution in [-0.4, -0.2) is 35.3 Å². The highest BCUT2D eigenvalue weighted by Gasteiger charge is 2.49. The molecule has 4 amide bonds. The molecule has 1 atom stereocenters. The van der Waals surface area contributed by atoms with Crippen LogP contribution in [0.25, 0.3) is 11.0 Å². The fraction of sp³-hybridized carbons (Fsp3) is 0.217. The van der Waals surface area contributed by atoms with E-state index in [0.29, 0.717) is 22.1 Å². The molecule has 1 aliphatic rings. The molecule has 9 heteroatoms. The number of imide groups is 1. The van der Waals surface area contributed by atoms with Gasteiger partial charge in [-0.2, -0.15) is 0 Å². The Labute approximate surface area is 183 Å². The minimum atomic E-state index is -1.41. The maximum Gasteiger partial charge on any atom is 0.374 e. The number of esters is 1. The van der Waals surface area contributed by atoms with E-state index in [1.54, 1.807) is 50.2 Å². The average Bonchev–Trinajstić information content (AvgIpc) is 3.25. The van der Waals surface area contributed by atoms with Crippen molar-refractivity contribution in [3.8, 4) is 0 Å². The van der Waals surface area contributed by atoms with E-state index in [4.69, 9.17) is 14.9 Å². The minimum absolute atomic E-state index is 0.0574. The van der Waals surface area contributed by atoms with Crippen LogP contribution >= 0.6 is 0 Å². The number of carbonyl (C=O) groups is 4. The maximum absolute atomic E-state index is 13.4. The monoisotopic (exact) mass is 435 g/mol. The van der Waals surface area contributed by atoms with Gasteiger partial charge in [-0.15, -0.1) is 0 Å². The molecule has 1 aromatic heterocycles. The molecule has 0 saturated carbocycles. The van der Waals surface area contributed by atoms with Crippen LogP contribution in [-0.2, 0) is 21.6 Å². The van der Waals surface area contributed by atoms with E-state index >= 15 is 0 Å². The molecule has 1 aliphatic heterocycles. The molecule has 32 heavy (non-hydrogen) atoms. The summed E-state index contributed by atoms with van der Waals surface area (Å²) < 4.78 is 10.8. The fourth-order valence-corrected chi connectivity index (χ4v) is 3.80. The Balaban J connectivity index is 1.73. The molecule has 0 bridgehead atoms. The first-order valence-electron chi connectivity index (χ1n) is 9.98. The fourth-order valence-electron chi connectivity index (χ4n) is 3.80. The van der Waals surface area contributed by atoms with Crippen LogP contribution in [0.2, 0.25) is 0 Å². The number of carbonyl (C=O) groups excluding carboxylic acids is 4. The summed E-state index contributed by atoms with van der Waals surface area (Å²) in [6, 6.07) is 12.5. The Morgan fingerprint density at radius 2 is 1.91 bits per heavy atom. The van der Waals surface area contributed by atoms with Gasteiger partial charge in [-0.25, -0.2) is 9.59 Å². The number of amides is 4. The number of primary amides is 1. The van der Waals surface area contributed by atoms with E-state index in [-0.39, 0.29) is 24.5 Å². The van der Waals surface area contributed by atoms with Crippen LogP contribution in [0.1, 0.15) is 45.9 Å². The molecular weight excluding hydrogens is 414 g/mol. The lowest BCUT2D eigenvalue weighted by Crippen LogP contribution is -2.41. The lowest BCUT2D eigenvalue weighted by molar-refractivity contribution is -0.131. The number of nitrogens with one attached hydrogen (secondary N) is 1. The van der Waals surface area contributed by atoms with Crippen molar-refractivity contribution in [1.82, 2.24) is 10.2 Å². The number of urea groups is 1. The SMILES string of the molecule is CCOC(=O)c1oc2ccccc2c1CN1C(=O)NC(C)(c2cccc(C(N)=O)c2)C1=O. The maximum atomic E-state index is 13.4. The van der Waals surface area contributed by atoms with Crippen molar-refractivity contribution in [2.45, 2.75) is 25.9 Å². The van der Waals surface area contributed by atoms with Gasteiger partial charge < -0.3 is 20.2 Å². The zero-order chi connectivity index (χ0) is 23.0. The Hall–Kier alpha value is -4.14. The zero-order valence-corrected chi connectivity index (χ0v) is 17.5. The minimum Gasteiger partial charge on any atom is -0.460 e. The summed E-state index contributed by atoms with van der Waals surface area (Å²) in [6.07, 6.45) is 0. The van der Waals surface area contributed by atoms with E-state index in [9.17, 15) is 19.2 Å². The summed E-state index contributed by atoms with van der Waals surface area (Å²) >= 11 is 0. The topological polar surface area (TPSA) is 132 Å². The number of furan rings is 1. The second-order valence-electron chi connectivity index (χ2n) is 7.52. The van der Waals surface area contributed by atoms with Gasteiger partial charge in [0.25, 0.3) is 5.91 Å². The molecule has 1 unspecified atom stereocenters. The highest BCUT2D eigenvalue weighted by molar-refractivity contribution is 6.08. The first-order chi connectivity index (χ1) is 15.3. The van der Waals surface area contributed by atoms with E-state index in [1.807, 2.05) is 0 Å². The van der Waals surface area contributed by atoms with Gasteiger partial charge in [-0.05, 0) is 37.6 Å². The van der Waals surface area contributed by atoms with Gasteiger partial charge in [0.1, 0.15) is 11.1 Å². The quantitative estimate of drug-likeness (QED) is 0.452. The third-order valence-electron chi connectivity index (χ3n) is 5.47. The molecule has 0 aliphatic carbocycles. The molecule has 1 fully saturated rings. The summed E-state index contributed by atoms with van der Waals surface area (Å²) in [7, 11) is 0. The van der Waals surface area contributed by atoms with Gasteiger partial charge in [-0.1, -0.05) is 30.3 Å². The van der Waals surface area contributed by atoms with Crippen molar-refractivity contribution in [3.63, 3.8) is 0 Å². The van der Waals surface area contributed by atoms with Crippen LogP contribution in [0.15, 0.2) is 52.9 Å². The average molecular weight is 435 g/mol. The molecule has 164 valence electrons. The summed E-state index contributed by atoms with van der Waals surface area (Å²) in [6.45, 7) is 3.17. The van der Waals surface area contributed by atoms with E-state index < -0.39 is 29.4 Å². The first-order valence-corrected chi connectivity index (χ1v) is 9.98. The van der Waals surface area contributed by atoms with Crippen LogP contribution in [0.4, 0.5) is 4.79 Å². The molecule has 0 radical (unpaired) electrons. The Bertz CT molecular complexity index is 1260. The number of nitrogens with zero attached hydrogens (tertiary/aromatic N) is 1. The molecule has 3 N–H and O–H groups in total. The summed E-state index contributed by atoms with van der Waals surface area (Å²) in [5.41, 5.74) is 5.38. The third-order valence-corrected chi connectivity index (χ3v) is 5.47. The number of nitrogens with two attached hydrogens (primary N) is 1. The molecule has 1 saturated heterocycles. The number of benzene rings is 2. The summed E-state index contributed by atoms with van der Waals surface area (Å²) in [5, 5.41) is 3.28. The standard InChI is InChI=1S/C23H21N3O6/c1-3-31-20(28)18-16(15-9-4-5-10-17(15)32-18)12-26-21(29)23(2,25-22(26)30)14-8-6-7-13(11-14)19(24)27/h4-11H,3,12H2,1-2H3,(H2,24,27)(H,25,30). The number of hydrogen-bond donors (Lipinski definition) is 2. The number of hydrogen-bond acceptors (Lipinski definition) is 6. The highest BCUT2D eigenvalue weighted by Crippen LogP contribution is 2.33. The molecule has 2 aromatic carbocycles. The van der Waals surface area contributed by atoms with Gasteiger partial charge in [0.15, 0.2) is 0 Å². The van der Waals surface area contributed by atoms with E-state index in [2.05, 4.69) is 5.32 Å². The van der Waals surface area contributed by atoms with Gasteiger partial charge in [0.2, 0.25) is 11.7 Å². The smallest absolute Gasteiger partial charge is 0.374 e. The van der Waals surface area contributed by atoms with Crippen LogP contribution < -0.4 is 11.1 Å². The largest absolute Gasteiger partial charge is 0.460 e. The van der Waals surface area contributed by atoms with E-state index in [0.717, 1.165) is 4.90 Å². The Morgan fingerprint density at radius 1 is 1.16 bits per heavy atom. The zero-order valence-electron chi connectivity index (χ0n) is 17.5. The number of ether oxygens (including phenoxy) is 1. The van der Waals surface area contributed by atoms with Gasteiger partial charge in [0.05, 0.1) is 13.2 Å². The molecular formula is C23H21N3O6.